The van der Waals surface area contributed by atoms with Crippen molar-refractivity contribution in [2.75, 3.05) is 0 Å². The first-order valence-corrected chi connectivity index (χ1v) is 6.21. The predicted octanol–water partition coefficient (Wildman–Crippen LogP) is 3.46. The summed E-state index contributed by atoms with van der Waals surface area (Å²) in [6, 6.07) is 8.32. The number of rotatable bonds is 4. The summed E-state index contributed by atoms with van der Waals surface area (Å²) in [5.41, 5.74) is 0.893. The standard InChI is InChI=1S/C14H20FN/c1-3-10(2)16-12-8-11(9-12)13-6-4-5-7-14(13)15/h4-7,10-12,16H,3,8-9H2,1-2H3. The van der Waals surface area contributed by atoms with Gasteiger partial charge in [0.05, 0.1) is 0 Å². The van der Waals surface area contributed by atoms with Crippen LogP contribution >= 0.6 is 0 Å². The van der Waals surface area contributed by atoms with Crippen LogP contribution in [-0.2, 0) is 0 Å². The van der Waals surface area contributed by atoms with Crippen LogP contribution in [0.3, 0.4) is 0 Å². The number of hydrogen-bond donors (Lipinski definition) is 1. The molecular weight excluding hydrogens is 201 g/mol. The van der Waals surface area contributed by atoms with Gasteiger partial charge in [-0.1, -0.05) is 25.1 Å². The van der Waals surface area contributed by atoms with Crippen LogP contribution in [0.15, 0.2) is 24.3 Å². The molecule has 2 heteroatoms. The lowest BCUT2D eigenvalue weighted by atomic mass is 9.75. The van der Waals surface area contributed by atoms with Gasteiger partial charge in [0.2, 0.25) is 0 Å². The molecule has 1 saturated carbocycles. The predicted molar refractivity (Wildman–Crippen MR) is 65.1 cm³/mol. The fraction of sp³-hybridized carbons (Fsp3) is 0.571. The first-order chi connectivity index (χ1) is 7.70. The zero-order valence-corrected chi connectivity index (χ0v) is 10.0. The van der Waals surface area contributed by atoms with E-state index in [1.54, 1.807) is 12.1 Å². The first kappa shape index (κ1) is 11.6. The van der Waals surface area contributed by atoms with Gasteiger partial charge in [0, 0.05) is 12.1 Å². The van der Waals surface area contributed by atoms with Crippen LogP contribution in [0, 0.1) is 5.82 Å². The number of benzene rings is 1. The van der Waals surface area contributed by atoms with E-state index < -0.39 is 0 Å². The van der Waals surface area contributed by atoms with Crippen LogP contribution in [-0.4, -0.2) is 12.1 Å². The van der Waals surface area contributed by atoms with Crippen molar-refractivity contribution in [3.8, 4) is 0 Å². The molecule has 0 amide bonds. The second-order valence-electron chi connectivity index (χ2n) is 4.86. The third kappa shape index (κ3) is 2.43. The van der Waals surface area contributed by atoms with Crippen molar-refractivity contribution in [3.63, 3.8) is 0 Å². The lowest BCUT2D eigenvalue weighted by molar-refractivity contribution is 0.263. The summed E-state index contributed by atoms with van der Waals surface area (Å²) < 4.78 is 13.5. The van der Waals surface area contributed by atoms with Gasteiger partial charge in [-0.3, -0.25) is 0 Å². The molecule has 0 radical (unpaired) electrons. The molecule has 88 valence electrons. The van der Waals surface area contributed by atoms with E-state index in [1.807, 2.05) is 12.1 Å². The van der Waals surface area contributed by atoms with Crippen molar-refractivity contribution < 1.29 is 4.39 Å². The molecule has 1 aliphatic rings. The van der Waals surface area contributed by atoms with E-state index in [0.29, 0.717) is 18.0 Å². The van der Waals surface area contributed by atoms with Crippen LogP contribution in [0.2, 0.25) is 0 Å². The largest absolute Gasteiger partial charge is 0.311 e. The van der Waals surface area contributed by atoms with Crippen LogP contribution in [0.1, 0.15) is 44.6 Å². The Labute approximate surface area is 97.1 Å². The molecule has 1 nitrogen and oxygen atoms in total. The van der Waals surface area contributed by atoms with E-state index in [4.69, 9.17) is 0 Å². The van der Waals surface area contributed by atoms with Gasteiger partial charge >= 0.3 is 0 Å². The van der Waals surface area contributed by atoms with Gasteiger partial charge in [-0.15, -0.1) is 0 Å². The van der Waals surface area contributed by atoms with Crippen LogP contribution in [0.4, 0.5) is 4.39 Å². The zero-order valence-electron chi connectivity index (χ0n) is 10.0. The molecule has 0 aromatic heterocycles. The molecule has 16 heavy (non-hydrogen) atoms. The highest BCUT2D eigenvalue weighted by Crippen LogP contribution is 2.38. The van der Waals surface area contributed by atoms with Gasteiger partial charge in [-0.25, -0.2) is 4.39 Å². The highest BCUT2D eigenvalue weighted by molar-refractivity contribution is 5.24. The zero-order chi connectivity index (χ0) is 11.5. The number of halogens is 1. The second-order valence-corrected chi connectivity index (χ2v) is 4.86. The lowest BCUT2D eigenvalue weighted by Gasteiger charge is -2.38. The summed E-state index contributed by atoms with van der Waals surface area (Å²) >= 11 is 0. The third-order valence-electron chi connectivity index (χ3n) is 3.62. The molecular formula is C14H20FN. The van der Waals surface area contributed by atoms with E-state index >= 15 is 0 Å². The molecule has 1 aromatic carbocycles. The van der Waals surface area contributed by atoms with Gasteiger partial charge in [0.25, 0.3) is 0 Å². The monoisotopic (exact) mass is 221 g/mol. The lowest BCUT2D eigenvalue weighted by Crippen LogP contribution is -2.44. The van der Waals surface area contributed by atoms with Crippen molar-refractivity contribution in [1.29, 1.82) is 0 Å². The van der Waals surface area contributed by atoms with Crippen LogP contribution in [0.5, 0.6) is 0 Å². The minimum absolute atomic E-state index is 0.0468. The molecule has 0 heterocycles. The Morgan fingerprint density at radius 2 is 2.06 bits per heavy atom. The fourth-order valence-electron chi connectivity index (χ4n) is 2.33. The number of hydrogen-bond acceptors (Lipinski definition) is 1. The van der Waals surface area contributed by atoms with Gasteiger partial charge in [0.1, 0.15) is 5.82 Å². The van der Waals surface area contributed by atoms with E-state index in [2.05, 4.69) is 19.2 Å². The Bertz CT molecular complexity index is 344. The molecule has 1 N–H and O–H groups in total. The molecule has 0 aliphatic heterocycles. The van der Waals surface area contributed by atoms with Crippen molar-refractivity contribution in [2.24, 2.45) is 0 Å². The Kier molecular flexibility index (Phi) is 3.59. The molecule has 1 aliphatic carbocycles. The fourth-order valence-corrected chi connectivity index (χ4v) is 2.33. The van der Waals surface area contributed by atoms with E-state index in [1.165, 1.54) is 0 Å². The van der Waals surface area contributed by atoms with Gasteiger partial charge < -0.3 is 5.32 Å². The van der Waals surface area contributed by atoms with E-state index in [0.717, 1.165) is 24.8 Å². The normalized spacial score (nSPS) is 26.2. The maximum atomic E-state index is 13.5. The number of nitrogens with one attached hydrogen (secondary N) is 1. The summed E-state index contributed by atoms with van der Waals surface area (Å²) in [4.78, 5) is 0. The van der Waals surface area contributed by atoms with Crippen molar-refractivity contribution in [2.45, 2.75) is 51.1 Å². The summed E-state index contributed by atoms with van der Waals surface area (Å²) in [6.45, 7) is 4.39. The Morgan fingerprint density at radius 3 is 2.69 bits per heavy atom. The Hall–Kier alpha value is -0.890. The average Bonchev–Trinajstić information content (AvgIpc) is 2.24. The van der Waals surface area contributed by atoms with Crippen molar-refractivity contribution in [3.05, 3.63) is 35.6 Å². The van der Waals surface area contributed by atoms with Crippen molar-refractivity contribution >= 4 is 0 Å². The third-order valence-corrected chi connectivity index (χ3v) is 3.62. The smallest absolute Gasteiger partial charge is 0.126 e. The van der Waals surface area contributed by atoms with E-state index in [9.17, 15) is 4.39 Å². The van der Waals surface area contributed by atoms with E-state index in [-0.39, 0.29) is 5.82 Å². The molecule has 1 fully saturated rings. The second kappa shape index (κ2) is 4.96. The van der Waals surface area contributed by atoms with Gasteiger partial charge in [-0.2, -0.15) is 0 Å². The van der Waals surface area contributed by atoms with Crippen LogP contribution < -0.4 is 5.32 Å². The molecule has 1 unspecified atom stereocenters. The summed E-state index contributed by atoms with van der Waals surface area (Å²) in [5, 5.41) is 3.56. The van der Waals surface area contributed by atoms with Crippen molar-refractivity contribution in [1.82, 2.24) is 5.32 Å². The minimum Gasteiger partial charge on any atom is -0.311 e. The quantitative estimate of drug-likeness (QED) is 0.821. The maximum absolute atomic E-state index is 13.5. The molecule has 1 aromatic rings. The highest BCUT2D eigenvalue weighted by atomic mass is 19.1. The van der Waals surface area contributed by atoms with Crippen LogP contribution in [0.25, 0.3) is 0 Å². The summed E-state index contributed by atoms with van der Waals surface area (Å²) in [5.74, 6) is 0.372. The average molecular weight is 221 g/mol. The first-order valence-electron chi connectivity index (χ1n) is 6.21. The Balaban J connectivity index is 1.87. The molecule has 0 bridgehead atoms. The maximum Gasteiger partial charge on any atom is 0.126 e. The molecule has 1 atom stereocenters. The molecule has 0 saturated heterocycles. The molecule has 2 rings (SSSR count). The minimum atomic E-state index is -0.0468. The summed E-state index contributed by atoms with van der Waals surface area (Å²) in [6.07, 6.45) is 3.30. The SMILES string of the molecule is CCC(C)NC1CC(c2ccccc2F)C1. The highest BCUT2D eigenvalue weighted by Gasteiger charge is 2.31. The topological polar surface area (TPSA) is 12.0 Å². The summed E-state index contributed by atoms with van der Waals surface area (Å²) in [7, 11) is 0. The van der Waals surface area contributed by atoms with Gasteiger partial charge in [0.15, 0.2) is 0 Å². The molecule has 0 spiro atoms. The van der Waals surface area contributed by atoms with Gasteiger partial charge in [-0.05, 0) is 43.7 Å². The Morgan fingerprint density at radius 1 is 1.38 bits per heavy atom.